The van der Waals surface area contributed by atoms with Crippen LogP contribution in [0, 0.1) is 13.5 Å². The van der Waals surface area contributed by atoms with Crippen LogP contribution < -0.4 is 0 Å². The van der Waals surface area contributed by atoms with Gasteiger partial charge >= 0.3 is 5.97 Å². The van der Waals surface area contributed by atoms with E-state index in [9.17, 15) is 9.59 Å². The molecular weight excluding hydrogens is 428 g/mol. The minimum atomic E-state index is -0.391. The van der Waals surface area contributed by atoms with Crippen LogP contribution >= 0.6 is 15.9 Å². The van der Waals surface area contributed by atoms with E-state index in [-0.39, 0.29) is 36.1 Å². The number of carbonyl (C=O) groups excluding carboxylic acids is 2. The van der Waals surface area contributed by atoms with E-state index in [4.69, 9.17) is 11.3 Å². The van der Waals surface area contributed by atoms with Crippen LogP contribution in [0.3, 0.4) is 0 Å². The molecule has 0 spiro atoms. The molecule has 0 aliphatic heterocycles. The Labute approximate surface area is 168 Å². The number of aromatic amines is 1. The molecule has 3 rings (SSSR count). The molecule has 0 saturated carbocycles. The summed E-state index contributed by atoms with van der Waals surface area (Å²) in [7, 11) is 0. The van der Waals surface area contributed by atoms with Crippen LogP contribution in [0.1, 0.15) is 28.4 Å². The van der Waals surface area contributed by atoms with E-state index in [1.807, 2.05) is 6.07 Å². The summed E-state index contributed by atoms with van der Waals surface area (Å²) >= 11 is 3.35. The molecule has 0 unspecified atom stereocenters. The quantitative estimate of drug-likeness (QED) is 0.357. The second kappa shape index (κ2) is 8.14. The minimum Gasteiger partial charge on any atom is -0.464 e. The minimum absolute atomic E-state index is 0.119. The lowest BCUT2D eigenvalue weighted by atomic mass is 10.0. The van der Waals surface area contributed by atoms with E-state index in [2.05, 4.69) is 41.2 Å². The fraction of sp³-hybridized carbons (Fsp3) is 0.222. The molecule has 142 valence electrons. The summed E-state index contributed by atoms with van der Waals surface area (Å²) in [6.45, 7) is 10.8. The predicted molar refractivity (Wildman–Crippen MR) is 103 cm³/mol. The number of hydrogen-bond donors (Lipinski definition) is 1. The van der Waals surface area contributed by atoms with Crippen LogP contribution in [0.2, 0.25) is 0 Å². The molecule has 2 heterocycles. The average Bonchev–Trinajstić information content (AvgIpc) is 3.25. The third kappa shape index (κ3) is 3.99. The number of rotatable bonds is 6. The van der Waals surface area contributed by atoms with Crippen molar-refractivity contribution in [2.75, 3.05) is 6.61 Å². The van der Waals surface area contributed by atoms with Gasteiger partial charge in [0.25, 0.3) is 0 Å². The number of ketones is 1. The average molecular weight is 443 g/mol. The number of carbonyl (C=O) groups is 2. The number of hydrogen-bond acceptors (Lipinski definition) is 6. The van der Waals surface area contributed by atoms with Crippen molar-refractivity contribution in [3.8, 4) is 11.5 Å². The summed E-state index contributed by atoms with van der Waals surface area (Å²) < 4.78 is 5.62. The molecule has 0 aliphatic carbocycles. The Kier molecular flexibility index (Phi) is 5.65. The van der Waals surface area contributed by atoms with E-state index in [1.54, 1.807) is 25.1 Å². The van der Waals surface area contributed by atoms with E-state index < -0.39 is 5.97 Å². The van der Waals surface area contributed by atoms with Gasteiger partial charge in [0.05, 0.1) is 12.1 Å². The van der Waals surface area contributed by atoms with Crippen molar-refractivity contribution in [1.82, 2.24) is 25.2 Å². The summed E-state index contributed by atoms with van der Waals surface area (Å²) in [6.07, 6.45) is 0. The van der Waals surface area contributed by atoms with Gasteiger partial charge in [-0.1, -0.05) is 34.6 Å². The monoisotopic (exact) mass is 442 g/mol. The largest absolute Gasteiger partial charge is 0.464 e. The van der Waals surface area contributed by atoms with Gasteiger partial charge in [0, 0.05) is 22.5 Å². The van der Waals surface area contributed by atoms with Gasteiger partial charge in [-0.3, -0.25) is 9.59 Å². The Morgan fingerprint density at radius 1 is 1.39 bits per heavy atom. The lowest BCUT2D eigenvalue weighted by Gasteiger charge is -2.02. The smallest absolute Gasteiger partial charge is 0.302 e. The maximum Gasteiger partial charge on any atom is 0.302 e. The summed E-state index contributed by atoms with van der Waals surface area (Å²) in [5.41, 5.74) is 1.75. The normalized spacial score (nSPS) is 10.5. The fourth-order valence-corrected chi connectivity index (χ4v) is 3.04. The van der Waals surface area contributed by atoms with Gasteiger partial charge in [-0.15, -0.1) is 10.2 Å². The van der Waals surface area contributed by atoms with Crippen LogP contribution in [0.4, 0.5) is 5.82 Å². The molecule has 0 radical (unpaired) electrons. The fourth-order valence-electron chi connectivity index (χ4n) is 2.65. The third-order valence-electron chi connectivity index (χ3n) is 3.93. The van der Waals surface area contributed by atoms with Crippen LogP contribution in [0.25, 0.3) is 16.4 Å². The standard InChI is InChI=1S/C18H15BrN6O3/c1-10-14(16(27)12-5-4-6-13(19)9-12)17(20-3)21-15(10)18-22-24-25(23-18)7-8-28-11(2)26/h4-6,9,21H,7-8H2,1-2H3. The molecule has 28 heavy (non-hydrogen) atoms. The Bertz CT molecular complexity index is 1100. The zero-order valence-electron chi connectivity index (χ0n) is 15.1. The van der Waals surface area contributed by atoms with E-state index in [0.717, 1.165) is 4.47 Å². The van der Waals surface area contributed by atoms with E-state index in [0.29, 0.717) is 16.8 Å². The Hall–Kier alpha value is -3.32. The highest BCUT2D eigenvalue weighted by molar-refractivity contribution is 9.10. The van der Waals surface area contributed by atoms with Crippen molar-refractivity contribution < 1.29 is 14.3 Å². The van der Waals surface area contributed by atoms with Gasteiger partial charge in [-0.05, 0) is 24.3 Å². The molecule has 0 atom stereocenters. The first-order chi connectivity index (χ1) is 13.4. The Balaban J connectivity index is 1.93. The highest BCUT2D eigenvalue weighted by Crippen LogP contribution is 2.32. The van der Waals surface area contributed by atoms with Crippen LogP contribution in [0.15, 0.2) is 28.7 Å². The van der Waals surface area contributed by atoms with Gasteiger partial charge in [-0.25, -0.2) is 0 Å². The second-order valence-corrected chi connectivity index (χ2v) is 6.76. The summed E-state index contributed by atoms with van der Waals surface area (Å²) in [4.78, 5) is 31.4. The van der Waals surface area contributed by atoms with Gasteiger partial charge in [-0.2, -0.15) is 4.80 Å². The van der Waals surface area contributed by atoms with Crippen molar-refractivity contribution in [3.05, 3.63) is 56.8 Å². The number of tetrazole rings is 1. The first-order valence-electron chi connectivity index (χ1n) is 8.22. The molecule has 0 saturated heterocycles. The van der Waals surface area contributed by atoms with Gasteiger partial charge in [0.15, 0.2) is 11.5 Å². The molecule has 1 N–H and O–H groups in total. The van der Waals surface area contributed by atoms with E-state index >= 15 is 0 Å². The summed E-state index contributed by atoms with van der Waals surface area (Å²) in [6, 6.07) is 6.97. The zero-order valence-corrected chi connectivity index (χ0v) is 16.6. The summed E-state index contributed by atoms with van der Waals surface area (Å²) in [5, 5.41) is 12.1. The first-order valence-corrected chi connectivity index (χ1v) is 9.02. The highest BCUT2D eigenvalue weighted by atomic mass is 79.9. The van der Waals surface area contributed by atoms with Crippen LogP contribution in [0.5, 0.6) is 0 Å². The molecule has 0 bridgehead atoms. The molecule has 10 heteroatoms. The molecule has 2 aromatic heterocycles. The number of nitrogens with zero attached hydrogens (tertiary/aromatic N) is 5. The van der Waals surface area contributed by atoms with Gasteiger partial charge in [0.2, 0.25) is 11.6 Å². The molecule has 0 aliphatic rings. The third-order valence-corrected chi connectivity index (χ3v) is 4.42. The number of benzene rings is 1. The number of nitrogens with one attached hydrogen (secondary N) is 1. The topological polar surface area (TPSA) is 107 Å². The molecular formula is C18H15BrN6O3. The van der Waals surface area contributed by atoms with Crippen molar-refractivity contribution >= 4 is 33.5 Å². The van der Waals surface area contributed by atoms with Gasteiger partial charge in [0.1, 0.15) is 6.61 Å². The lowest BCUT2D eigenvalue weighted by molar-refractivity contribution is -0.141. The first kappa shape index (κ1) is 19.4. The van der Waals surface area contributed by atoms with Crippen molar-refractivity contribution in [1.29, 1.82) is 0 Å². The number of H-pyrrole nitrogens is 1. The van der Waals surface area contributed by atoms with Crippen molar-refractivity contribution in [2.45, 2.75) is 20.4 Å². The number of esters is 1. The Morgan fingerprint density at radius 3 is 2.86 bits per heavy atom. The van der Waals surface area contributed by atoms with Crippen LogP contribution in [-0.2, 0) is 16.1 Å². The summed E-state index contributed by atoms with van der Waals surface area (Å²) in [5.74, 6) is -0.292. The molecule has 9 nitrogen and oxygen atoms in total. The highest BCUT2D eigenvalue weighted by Gasteiger charge is 2.25. The molecule has 3 aromatic rings. The predicted octanol–water partition coefficient (Wildman–Crippen LogP) is 3.08. The van der Waals surface area contributed by atoms with Crippen LogP contribution in [-0.4, -0.2) is 43.6 Å². The second-order valence-electron chi connectivity index (χ2n) is 5.85. The van der Waals surface area contributed by atoms with Crippen molar-refractivity contribution in [2.24, 2.45) is 0 Å². The zero-order chi connectivity index (χ0) is 20.3. The maximum atomic E-state index is 13.0. The molecule has 0 fully saturated rings. The van der Waals surface area contributed by atoms with Crippen molar-refractivity contribution in [3.63, 3.8) is 0 Å². The molecule has 1 aromatic carbocycles. The Morgan fingerprint density at radius 2 is 2.18 bits per heavy atom. The maximum absolute atomic E-state index is 13.0. The molecule has 0 amide bonds. The van der Waals surface area contributed by atoms with E-state index in [1.165, 1.54) is 11.7 Å². The number of aromatic nitrogens is 5. The number of halogens is 1. The SMILES string of the molecule is [C-]#[N+]c1[nH]c(-c2nnn(CCOC(C)=O)n2)c(C)c1C(=O)c1cccc(Br)c1. The number of ether oxygens (including phenoxy) is 1. The van der Waals surface area contributed by atoms with Gasteiger partial charge < -0.3 is 14.6 Å². The lowest BCUT2D eigenvalue weighted by Crippen LogP contribution is -2.11.